The molecule has 9 heteroatoms. The van der Waals surface area contributed by atoms with Crippen molar-refractivity contribution in [1.82, 2.24) is 9.55 Å². The van der Waals surface area contributed by atoms with Crippen molar-refractivity contribution in [2.45, 2.75) is 11.7 Å². The first-order valence-electron chi connectivity index (χ1n) is 9.95. The third-order valence-corrected chi connectivity index (χ3v) is 6.12. The van der Waals surface area contributed by atoms with Gasteiger partial charge in [0.2, 0.25) is 5.91 Å². The first-order chi connectivity index (χ1) is 15.9. The number of hydrogen-bond acceptors (Lipinski definition) is 5. The Hall–Kier alpha value is -3.36. The lowest BCUT2D eigenvalue weighted by Gasteiger charge is -2.13. The number of rotatable bonds is 7. The second-order valence-corrected chi connectivity index (χ2v) is 8.47. The third kappa shape index (κ3) is 5.35. The Labute approximate surface area is 198 Å². The molecule has 168 valence electrons. The van der Waals surface area contributed by atoms with E-state index in [-0.39, 0.29) is 29.6 Å². The van der Waals surface area contributed by atoms with E-state index in [0.29, 0.717) is 32.5 Å². The summed E-state index contributed by atoms with van der Waals surface area (Å²) in [6.07, 6.45) is 0. The van der Waals surface area contributed by atoms with Gasteiger partial charge < -0.3 is 10.1 Å². The lowest BCUT2D eigenvalue weighted by Crippen LogP contribution is -2.25. The summed E-state index contributed by atoms with van der Waals surface area (Å²) in [5.74, 6) is -0.100. The summed E-state index contributed by atoms with van der Waals surface area (Å²) in [7, 11) is 1.51. The summed E-state index contributed by atoms with van der Waals surface area (Å²) in [5, 5.41) is 4.02. The first kappa shape index (κ1) is 22.8. The molecule has 0 atom stereocenters. The average molecular weight is 484 g/mol. The summed E-state index contributed by atoms with van der Waals surface area (Å²) >= 11 is 7.26. The van der Waals surface area contributed by atoms with Gasteiger partial charge in [-0.1, -0.05) is 47.6 Å². The fourth-order valence-corrected chi connectivity index (χ4v) is 4.30. The maximum absolute atomic E-state index is 13.3. The van der Waals surface area contributed by atoms with Crippen molar-refractivity contribution in [2.75, 3.05) is 18.2 Å². The number of anilines is 1. The zero-order chi connectivity index (χ0) is 23.4. The summed E-state index contributed by atoms with van der Waals surface area (Å²) in [4.78, 5) is 30.3. The number of aromatic nitrogens is 2. The molecule has 0 aliphatic carbocycles. The molecule has 1 N–H and O–H groups in total. The van der Waals surface area contributed by atoms with Gasteiger partial charge in [0.05, 0.1) is 35.3 Å². The van der Waals surface area contributed by atoms with Crippen molar-refractivity contribution in [1.29, 1.82) is 0 Å². The highest BCUT2D eigenvalue weighted by molar-refractivity contribution is 7.99. The molecular weight excluding hydrogens is 465 g/mol. The van der Waals surface area contributed by atoms with Crippen LogP contribution in [0.15, 0.2) is 76.7 Å². The quantitative estimate of drug-likeness (QED) is 0.296. The summed E-state index contributed by atoms with van der Waals surface area (Å²) in [6, 6.07) is 17.9. The van der Waals surface area contributed by atoms with Crippen LogP contribution in [0.1, 0.15) is 5.56 Å². The van der Waals surface area contributed by atoms with Crippen LogP contribution in [-0.4, -0.2) is 28.3 Å². The Morgan fingerprint density at radius 2 is 1.91 bits per heavy atom. The number of thioether (sulfide) groups is 1. The van der Waals surface area contributed by atoms with E-state index in [1.807, 2.05) is 0 Å². The molecule has 0 saturated carbocycles. The van der Waals surface area contributed by atoms with Gasteiger partial charge in [-0.2, -0.15) is 0 Å². The zero-order valence-corrected chi connectivity index (χ0v) is 19.1. The Morgan fingerprint density at radius 1 is 1.15 bits per heavy atom. The van der Waals surface area contributed by atoms with Crippen LogP contribution in [0, 0.1) is 5.82 Å². The molecule has 6 nitrogen and oxygen atoms in total. The Kier molecular flexibility index (Phi) is 6.96. The van der Waals surface area contributed by atoms with Crippen molar-refractivity contribution in [3.63, 3.8) is 0 Å². The van der Waals surface area contributed by atoms with Crippen LogP contribution in [0.25, 0.3) is 10.9 Å². The molecule has 3 aromatic carbocycles. The number of hydrogen-bond donors (Lipinski definition) is 1. The van der Waals surface area contributed by atoms with E-state index in [0.717, 1.165) is 17.3 Å². The standard InChI is InChI=1S/C24H19ClFN3O3S/c1-32-21-11-10-17(12-19(21)25)27-22(30)14-33-24-28-20-5-3-2-4-18(20)23(31)29(24)13-15-6-8-16(26)9-7-15/h2-12H,13-14H2,1H3,(H,27,30). The molecule has 4 aromatic rings. The number of methoxy groups -OCH3 is 1. The van der Waals surface area contributed by atoms with E-state index < -0.39 is 0 Å². The topological polar surface area (TPSA) is 73.2 Å². The van der Waals surface area contributed by atoms with Crippen LogP contribution in [0.5, 0.6) is 5.75 Å². The van der Waals surface area contributed by atoms with Crippen LogP contribution in [0.4, 0.5) is 10.1 Å². The van der Waals surface area contributed by atoms with Gasteiger partial charge in [0, 0.05) is 5.69 Å². The largest absolute Gasteiger partial charge is 0.495 e. The fourth-order valence-electron chi connectivity index (χ4n) is 3.24. The van der Waals surface area contributed by atoms with Crippen molar-refractivity contribution in [2.24, 2.45) is 0 Å². The molecule has 1 aromatic heterocycles. The Balaban J connectivity index is 1.58. The second kappa shape index (κ2) is 10.1. The lowest BCUT2D eigenvalue weighted by atomic mass is 10.2. The minimum atomic E-state index is -0.354. The number of benzene rings is 3. The number of nitrogens with zero attached hydrogens (tertiary/aromatic N) is 2. The molecule has 0 spiro atoms. The number of carbonyl (C=O) groups excluding carboxylic acids is 1. The maximum Gasteiger partial charge on any atom is 0.262 e. The predicted molar refractivity (Wildman–Crippen MR) is 129 cm³/mol. The van der Waals surface area contributed by atoms with Crippen LogP contribution < -0.4 is 15.6 Å². The van der Waals surface area contributed by atoms with E-state index in [9.17, 15) is 14.0 Å². The third-order valence-electron chi connectivity index (χ3n) is 4.85. The second-order valence-electron chi connectivity index (χ2n) is 7.12. The number of halogens is 2. The molecule has 0 saturated heterocycles. The van der Waals surface area contributed by atoms with E-state index in [1.165, 1.54) is 23.8 Å². The molecular formula is C24H19ClFN3O3S. The Morgan fingerprint density at radius 3 is 2.64 bits per heavy atom. The van der Waals surface area contributed by atoms with E-state index in [4.69, 9.17) is 16.3 Å². The summed E-state index contributed by atoms with van der Waals surface area (Å²) in [5.41, 5.74) is 1.59. The molecule has 4 rings (SSSR count). The number of amides is 1. The monoisotopic (exact) mass is 483 g/mol. The maximum atomic E-state index is 13.3. The highest BCUT2D eigenvalue weighted by atomic mass is 35.5. The molecule has 33 heavy (non-hydrogen) atoms. The molecule has 1 heterocycles. The number of para-hydroxylation sites is 1. The Bertz CT molecular complexity index is 1380. The number of nitrogens with one attached hydrogen (secondary N) is 1. The molecule has 0 radical (unpaired) electrons. The van der Waals surface area contributed by atoms with Crippen molar-refractivity contribution in [3.05, 3.63) is 93.5 Å². The normalized spacial score (nSPS) is 10.9. The SMILES string of the molecule is COc1ccc(NC(=O)CSc2nc3ccccc3c(=O)n2Cc2ccc(F)cc2)cc1Cl. The van der Waals surface area contributed by atoms with Crippen molar-refractivity contribution < 1.29 is 13.9 Å². The first-order valence-corrected chi connectivity index (χ1v) is 11.3. The van der Waals surface area contributed by atoms with Crippen LogP contribution in [-0.2, 0) is 11.3 Å². The van der Waals surface area contributed by atoms with Gasteiger partial charge in [0.25, 0.3) is 5.56 Å². The number of ether oxygens (including phenoxy) is 1. The smallest absolute Gasteiger partial charge is 0.262 e. The number of fused-ring (bicyclic) bond motifs is 1. The van der Waals surface area contributed by atoms with Gasteiger partial charge in [0.15, 0.2) is 5.16 Å². The van der Waals surface area contributed by atoms with Crippen molar-refractivity contribution in [3.8, 4) is 5.75 Å². The van der Waals surface area contributed by atoms with Crippen LogP contribution in [0.2, 0.25) is 5.02 Å². The minimum absolute atomic E-state index is 0.0256. The van der Waals surface area contributed by atoms with Gasteiger partial charge in [-0.15, -0.1) is 0 Å². The fraction of sp³-hybridized carbons (Fsp3) is 0.125. The molecule has 0 aliphatic rings. The summed E-state index contributed by atoms with van der Waals surface area (Å²) < 4.78 is 19.9. The van der Waals surface area contributed by atoms with Gasteiger partial charge >= 0.3 is 0 Å². The van der Waals surface area contributed by atoms with Crippen LogP contribution >= 0.6 is 23.4 Å². The zero-order valence-electron chi connectivity index (χ0n) is 17.5. The minimum Gasteiger partial charge on any atom is -0.495 e. The van der Waals surface area contributed by atoms with Gasteiger partial charge in [0.1, 0.15) is 11.6 Å². The van der Waals surface area contributed by atoms with E-state index in [2.05, 4.69) is 10.3 Å². The van der Waals surface area contributed by atoms with Crippen LogP contribution in [0.3, 0.4) is 0 Å². The van der Waals surface area contributed by atoms with E-state index in [1.54, 1.807) is 54.6 Å². The highest BCUT2D eigenvalue weighted by Gasteiger charge is 2.14. The predicted octanol–water partition coefficient (Wildman–Crippen LogP) is 4.98. The highest BCUT2D eigenvalue weighted by Crippen LogP contribution is 2.27. The van der Waals surface area contributed by atoms with Crippen molar-refractivity contribution >= 4 is 45.9 Å². The van der Waals surface area contributed by atoms with Gasteiger partial charge in [-0.3, -0.25) is 14.2 Å². The van der Waals surface area contributed by atoms with Gasteiger partial charge in [-0.25, -0.2) is 9.37 Å². The average Bonchev–Trinajstić information content (AvgIpc) is 2.81. The number of carbonyl (C=O) groups is 1. The molecule has 0 fully saturated rings. The van der Waals surface area contributed by atoms with Gasteiger partial charge in [-0.05, 0) is 48.0 Å². The lowest BCUT2D eigenvalue weighted by molar-refractivity contribution is -0.113. The van der Waals surface area contributed by atoms with E-state index >= 15 is 0 Å². The molecule has 0 bridgehead atoms. The summed E-state index contributed by atoms with van der Waals surface area (Å²) in [6.45, 7) is 0.203. The molecule has 0 unspecified atom stereocenters. The molecule has 1 amide bonds. The molecule has 0 aliphatic heterocycles.